The zero-order chi connectivity index (χ0) is 23.3. The number of nitrogens with zero attached hydrogens (tertiary/aromatic N) is 3. The predicted octanol–water partition coefficient (Wildman–Crippen LogP) is 2.80. The maximum Gasteiger partial charge on any atom is 0.342 e. The van der Waals surface area contributed by atoms with E-state index in [1.54, 1.807) is 11.6 Å². The Morgan fingerprint density at radius 3 is 2.48 bits per heavy atom. The van der Waals surface area contributed by atoms with Crippen molar-refractivity contribution in [2.75, 3.05) is 39.5 Å². The van der Waals surface area contributed by atoms with Crippen LogP contribution in [-0.2, 0) is 14.3 Å². The van der Waals surface area contributed by atoms with Gasteiger partial charge in [-0.2, -0.15) is 5.10 Å². The molecule has 0 radical (unpaired) electrons. The first-order valence-corrected chi connectivity index (χ1v) is 11.9. The first kappa shape index (κ1) is 23.4. The number of amides is 1. The second kappa shape index (κ2) is 10.5. The molecule has 2 fully saturated rings. The summed E-state index contributed by atoms with van der Waals surface area (Å²) in [4.78, 5) is 27.8. The van der Waals surface area contributed by atoms with Gasteiger partial charge in [-0.1, -0.05) is 37.5 Å². The van der Waals surface area contributed by atoms with Crippen LogP contribution in [0.4, 0.5) is 0 Å². The molecule has 1 saturated carbocycles. The average molecular weight is 455 g/mol. The fraction of sp³-hybridized carbons (Fsp3) is 0.560. The summed E-state index contributed by atoms with van der Waals surface area (Å²) in [5.74, 6) is -0.796. The number of nitrogens with one attached hydrogen (secondary N) is 1. The molecule has 2 aromatic rings. The summed E-state index contributed by atoms with van der Waals surface area (Å²) in [6.07, 6.45) is 5.74. The molecule has 1 aliphatic heterocycles. The Bertz CT molecular complexity index is 960. The molecule has 1 aromatic carbocycles. The van der Waals surface area contributed by atoms with Crippen molar-refractivity contribution in [1.82, 2.24) is 20.0 Å². The van der Waals surface area contributed by atoms with Crippen molar-refractivity contribution >= 4 is 11.9 Å². The summed E-state index contributed by atoms with van der Waals surface area (Å²) in [6, 6.07) is 9.63. The van der Waals surface area contributed by atoms with Gasteiger partial charge in [-0.15, -0.1) is 0 Å². The molecule has 1 aliphatic carbocycles. The fourth-order valence-electron chi connectivity index (χ4n) is 5.13. The van der Waals surface area contributed by atoms with Crippen LogP contribution < -0.4 is 5.32 Å². The summed E-state index contributed by atoms with van der Waals surface area (Å²) < 4.78 is 12.6. The van der Waals surface area contributed by atoms with Gasteiger partial charge in [0.2, 0.25) is 0 Å². The van der Waals surface area contributed by atoms with Crippen LogP contribution in [0.25, 0.3) is 5.69 Å². The van der Waals surface area contributed by atoms with Crippen molar-refractivity contribution in [3.63, 3.8) is 0 Å². The Morgan fingerprint density at radius 2 is 1.79 bits per heavy atom. The molecule has 8 nitrogen and oxygen atoms in total. The van der Waals surface area contributed by atoms with Gasteiger partial charge in [0.15, 0.2) is 6.61 Å². The van der Waals surface area contributed by atoms with Gasteiger partial charge in [0.1, 0.15) is 5.56 Å². The number of hydrogen-bond acceptors (Lipinski definition) is 6. The normalized spacial score (nSPS) is 18.6. The van der Waals surface area contributed by atoms with Crippen molar-refractivity contribution in [3.8, 4) is 5.69 Å². The Labute approximate surface area is 195 Å². The van der Waals surface area contributed by atoms with Crippen LogP contribution in [0.3, 0.4) is 0 Å². The molecule has 4 rings (SSSR count). The van der Waals surface area contributed by atoms with Crippen LogP contribution in [0, 0.1) is 13.8 Å². The highest BCUT2D eigenvalue weighted by molar-refractivity contribution is 5.93. The van der Waals surface area contributed by atoms with E-state index in [1.165, 1.54) is 19.3 Å². The minimum Gasteiger partial charge on any atom is -0.452 e. The van der Waals surface area contributed by atoms with Crippen LogP contribution in [0.2, 0.25) is 0 Å². The van der Waals surface area contributed by atoms with Crippen LogP contribution >= 0.6 is 0 Å². The Kier molecular flexibility index (Phi) is 7.45. The molecule has 0 atom stereocenters. The molecule has 2 aliphatic rings. The molecule has 1 aromatic heterocycles. The summed E-state index contributed by atoms with van der Waals surface area (Å²) in [5, 5.41) is 7.52. The Balaban J connectivity index is 1.35. The number of morpholine rings is 1. The van der Waals surface area contributed by atoms with Crippen LogP contribution in [0.1, 0.15) is 53.8 Å². The van der Waals surface area contributed by atoms with E-state index in [1.807, 2.05) is 37.3 Å². The van der Waals surface area contributed by atoms with E-state index >= 15 is 0 Å². The van der Waals surface area contributed by atoms with Gasteiger partial charge in [0.05, 0.1) is 30.3 Å². The zero-order valence-electron chi connectivity index (χ0n) is 19.6. The molecule has 0 unspecified atom stereocenters. The number of carbonyl (C=O) groups is 2. The molecule has 1 amide bonds. The predicted molar refractivity (Wildman–Crippen MR) is 125 cm³/mol. The second-order valence-electron chi connectivity index (χ2n) is 9.03. The quantitative estimate of drug-likeness (QED) is 0.648. The second-order valence-corrected chi connectivity index (χ2v) is 9.03. The lowest BCUT2D eigenvalue weighted by Crippen LogP contribution is -2.59. The van der Waals surface area contributed by atoms with Gasteiger partial charge >= 0.3 is 5.97 Å². The Hall–Kier alpha value is -2.71. The van der Waals surface area contributed by atoms with Gasteiger partial charge in [0.25, 0.3) is 5.91 Å². The van der Waals surface area contributed by atoms with Crippen molar-refractivity contribution < 1.29 is 19.1 Å². The molecule has 1 N–H and O–H groups in total. The molecule has 1 saturated heterocycles. The number of aromatic nitrogens is 2. The van der Waals surface area contributed by atoms with Gasteiger partial charge in [-0.25, -0.2) is 9.48 Å². The van der Waals surface area contributed by atoms with Gasteiger partial charge in [-0.05, 0) is 38.8 Å². The van der Waals surface area contributed by atoms with Gasteiger partial charge in [-0.3, -0.25) is 9.69 Å². The van der Waals surface area contributed by atoms with Crippen molar-refractivity contribution in [2.45, 2.75) is 51.5 Å². The minimum atomic E-state index is -0.525. The summed E-state index contributed by atoms with van der Waals surface area (Å²) in [6.45, 7) is 7.16. The minimum absolute atomic E-state index is 0.0221. The van der Waals surface area contributed by atoms with Crippen LogP contribution in [0.5, 0.6) is 0 Å². The number of aryl methyl sites for hydroxylation is 1. The number of rotatable bonds is 7. The number of ether oxygens (including phenoxy) is 2. The van der Waals surface area contributed by atoms with E-state index in [-0.39, 0.29) is 18.1 Å². The molecule has 8 heteroatoms. The highest BCUT2D eigenvalue weighted by atomic mass is 16.5. The van der Waals surface area contributed by atoms with Crippen LogP contribution in [0.15, 0.2) is 30.3 Å². The third-order valence-corrected chi connectivity index (χ3v) is 6.91. The average Bonchev–Trinajstić information content (AvgIpc) is 3.16. The third kappa shape index (κ3) is 5.28. The summed E-state index contributed by atoms with van der Waals surface area (Å²) in [7, 11) is 0. The smallest absolute Gasteiger partial charge is 0.342 e. The topological polar surface area (TPSA) is 85.7 Å². The highest BCUT2D eigenvalue weighted by Gasteiger charge is 2.38. The summed E-state index contributed by atoms with van der Waals surface area (Å²) in [5.41, 5.74) is 2.53. The number of hydrogen-bond donors (Lipinski definition) is 1. The van der Waals surface area contributed by atoms with E-state index < -0.39 is 5.97 Å². The Morgan fingerprint density at radius 1 is 1.09 bits per heavy atom. The lowest BCUT2D eigenvalue weighted by Gasteiger charge is -2.48. The molecular formula is C25H34N4O4. The summed E-state index contributed by atoms with van der Waals surface area (Å²) >= 11 is 0. The van der Waals surface area contributed by atoms with E-state index in [2.05, 4.69) is 15.3 Å². The van der Waals surface area contributed by atoms with Crippen molar-refractivity contribution in [1.29, 1.82) is 0 Å². The molecule has 0 bridgehead atoms. The highest BCUT2D eigenvalue weighted by Crippen LogP contribution is 2.33. The monoisotopic (exact) mass is 454 g/mol. The van der Waals surface area contributed by atoms with E-state index in [4.69, 9.17) is 9.47 Å². The largest absolute Gasteiger partial charge is 0.452 e. The SMILES string of the molecule is Cc1nn(-c2ccccc2)c(C)c1C(=O)OCC(=O)NCC1(N2CCOCC2)CCCCC1. The lowest BCUT2D eigenvalue weighted by molar-refractivity contribution is -0.125. The van der Waals surface area contributed by atoms with Crippen molar-refractivity contribution in [2.24, 2.45) is 0 Å². The number of carbonyl (C=O) groups excluding carboxylic acids is 2. The number of benzene rings is 1. The number of esters is 1. The van der Waals surface area contributed by atoms with E-state index in [9.17, 15) is 9.59 Å². The fourth-order valence-corrected chi connectivity index (χ4v) is 5.13. The van der Waals surface area contributed by atoms with Gasteiger partial charge in [0, 0.05) is 25.2 Å². The van der Waals surface area contributed by atoms with Crippen molar-refractivity contribution in [3.05, 3.63) is 47.3 Å². The first-order valence-electron chi connectivity index (χ1n) is 11.9. The van der Waals surface area contributed by atoms with E-state index in [0.717, 1.165) is 44.8 Å². The molecule has 0 spiro atoms. The molecule has 178 valence electrons. The molecule has 33 heavy (non-hydrogen) atoms. The standard InChI is InChI=1S/C25H34N4O4/c1-19-23(20(2)29(27-19)21-9-5-3-6-10-21)24(31)33-17-22(30)26-18-25(11-7-4-8-12-25)28-13-15-32-16-14-28/h3,5-6,9-10H,4,7-8,11-18H2,1-2H3,(H,26,30). The maximum atomic E-state index is 12.8. The zero-order valence-corrected chi connectivity index (χ0v) is 19.6. The third-order valence-electron chi connectivity index (χ3n) is 6.91. The van der Waals surface area contributed by atoms with E-state index in [0.29, 0.717) is 23.5 Å². The molecule has 2 heterocycles. The maximum absolute atomic E-state index is 12.8. The van der Waals surface area contributed by atoms with Gasteiger partial charge < -0.3 is 14.8 Å². The van der Waals surface area contributed by atoms with Crippen LogP contribution in [-0.4, -0.2) is 71.6 Å². The molecular weight excluding hydrogens is 420 g/mol. The number of para-hydroxylation sites is 1. The lowest BCUT2D eigenvalue weighted by atomic mass is 9.79. The first-order chi connectivity index (χ1) is 16.0.